The zero-order chi connectivity index (χ0) is 35.4. The summed E-state index contributed by atoms with van der Waals surface area (Å²) in [6.45, 7) is 14.0. The first-order valence-electron chi connectivity index (χ1n) is 17.1. The van der Waals surface area contributed by atoms with Crippen LogP contribution in [0.1, 0.15) is 74.1 Å². The lowest BCUT2D eigenvalue weighted by Gasteiger charge is -2.49. The molecule has 0 unspecified atom stereocenters. The number of ether oxygens (including phenoxy) is 6. The first-order valence-corrected chi connectivity index (χ1v) is 17.1. The zero-order valence-electron chi connectivity index (χ0n) is 30.7. The Bertz CT molecular complexity index is 1040. The molecule has 2 amide bonds. The van der Waals surface area contributed by atoms with Crippen molar-refractivity contribution in [1.29, 1.82) is 0 Å². The molecule has 0 aromatic heterocycles. The number of aliphatic hydroxyl groups is 2. The number of methoxy groups -OCH3 is 2. The monoisotopic (exact) mass is 673 g/mol. The highest BCUT2D eigenvalue weighted by Gasteiger charge is 2.51. The van der Waals surface area contributed by atoms with Gasteiger partial charge >= 0.3 is 0 Å². The fourth-order valence-electron chi connectivity index (χ4n) is 7.70. The van der Waals surface area contributed by atoms with Crippen molar-refractivity contribution in [2.75, 3.05) is 48.5 Å². The van der Waals surface area contributed by atoms with Gasteiger partial charge in [0, 0.05) is 59.2 Å². The van der Waals surface area contributed by atoms with Gasteiger partial charge in [0.2, 0.25) is 11.8 Å². The fourth-order valence-corrected chi connectivity index (χ4v) is 7.70. The molecule has 0 saturated carbocycles. The molecule has 13 nitrogen and oxygen atoms in total. The molecule has 0 spiro atoms. The average Bonchev–Trinajstić information content (AvgIpc) is 3.00. The molecular formula is C34H63N3O10. The van der Waals surface area contributed by atoms with Crippen molar-refractivity contribution in [2.45, 2.75) is 141 Å². The summed E-state index contributed by atoms with van der Waals surface area (Å²) in [5, 5.41) is 25.3. The van der Waals surface area contributed by atoms with E-state index in [1.54, 1.807) is 40.0 Å². The molecule has 0 radical (unpaired) electrons. The summed E-state index contributed by atoms with van der Waals surface area (Å²) in [5.41, 5.74) is -1.89. The number of hydrogen-bond donors (Lipinski definition) is 3. The van der Waals surface area contributed by atoms with Crippen LogP contribution in [0.4, 0.5) is 0 Å². The molecule has 274 valence electrons. The molecule has 14 atom stereocenters. The molecule has 0 aromatic rings. The van der Waals surface area contributed by atoms with Gasteiger partial charge in [-0.15, -0.1) is 0 Å². The molecule has 3 heterocycles. The smallest absolute Gasteiger partial charge is 0.225 e. The van der Waals surface area contributed by atoms with Crippen molar-refractivity contribution in [3.63, 3.8) is 0 Å². The van der Waals surface area contributed by atoms with E-state index < -0.39 is 66.1 Å². The highest BCUT2D eigenvalue weighted by atomic mass is 16.7. The van der Waals surface area contributed by atoms with Crippen LogP contribution in [0.5, 0.6) is 0 Å². The van der Waals surface area contributed by atoms with Gasteiger partial charge in [0.1, 0.15) is 12.2 Å². The molecule has 3 fully saturated rings. The normalized spacial score (nSPS) is 45.0. The van der Waals surface area contributed by atoms with Gasteiger partial charge in [-0.2, -0.15) is 0 Å². The van der Waals surface area contributed by atoms with E-state index in [2.05, 4.69) is 12.2 Å². The lowest BCUT2D eigenvalue weighted by atomic mass is 9.77. The number of rotatable bonds is 7. The molecule has 3 aliphatic rings. The number of aliphatic hydroxyl groups excluding tert-OH is 2. The Balaban J connectivity index is 2.10. The van der Waals surface area contributed by atoms with Crippen molar-refractivity contribution in [1.82, 2.24) is 15.1 Å². The van der Waals surface area contributed by atoms with E-state index in [-0.39, 0.29) is 49.3 Å². The van der Waals surface area contributed by atoms with Gasteiger partial charge in [-0.25, -0.2) is 0 Å². The maximum absolute atomic E-state index is 13.7. The SMILES string of the molecule is CO[C@]1(C)C[C@@H](C)CN(C)C(=O)CCNC(=O)[C@H](C)[C@@H](O[C@H]2C[C@@](C)(OC)[C@@H](O)[C@H](C)O2)[C@H](C)[C@H]1O[C@@H]1O[C@H](C)C[C@H](N(C)C)[C@H]1O. The molecule has 3 rings (SSSR count). The topological polar surface area (TPSA) is 148 Å². The van der Waals surface area contributed by atoms with Crippen molar-refractivity contribution in [3.05, 3.63) is 0 Å². The molecule has 0 aromatic carbocycles. The molecule has 13 heteroatoms. The summed E-state index contributed by atoms with van der Waals surface area (Å²) in [6.07, 6.45) is -4.36. The van der Waals surface area contributed by atoms with E-state index >= 15 is 0 Å². The maximum atomic E-state index is 13.7. The number of nitrogens with one attached hydrogen (secondary N) is 1. The van der Waals surface area contributed by atoms with Gasteiger partial charge in [-0.05, 0) is 60.5 Å². The third-order valence-electron chi connectivity index (χ3n) is 10.7. The molecule has 3 saturated heterocycles. The van der Waals surface area contributed by atoms with Crippen LogP contribution in [-0.4, -0.2) is 147 Å². The maximum Gasteiger partial charge on any atom is 0.225 e. The Morgan fingerprint density at radius 2 is 1.60 bits per heavy atom. The van der Waals surface area contributed by atoms with Crippen molar-refractivity contribution < 1.29 is 48.2 Å². The Hall–Kier alpha value is -1.42. The number of carbonyl (C=O) groups is 2. The second-order valence-electron chi connectivity index (χ2n) is 15.0. The summed E-state index contributed by atoms with van der Waals surface area (Å²) in [6, 6.07) is -0.197. The Kier molecular flexibility index (Phi) is 14.1. The lowest BCUT2D eigenvalue weighted by molar-refractivity contribution is -0.318. The predicted octanol–water partition coefficient (Wildman–Crippen LogP) is 1.77. The van der Waals surface area contributed by atoms with E-state index in [0.717, 1.165) is 0 Å². The summed E-state index contributed by atoms with van der Waals surface area (Å²) in [5.74, 6) is -1.55. The average molecular weight is 674 g/mol. The van der Waals surface area contributed by atoms with Crippen LogP contribution in [0.15, 0.2) is 0 Å². The third kappa shape index (κ3) is 9.43. The molecule has 0 bridgehead atoms. The van der Waals surface area contributed by atoms with Crippen LogP contribution < -0.4 is 5.32 Å². The van der Waals surface area contributed by atoms with Crippen molar-refractivity contribution in [2.24, 2.45) is 17.8 Å². The molecule has 3 N–H and O–H groups in total. The summed E-state index contributed by atoms with van der Waals surface area (Å²) < 4.78 is 38.0. The molecule has 47 heavy (non-hydrogen) atoms. The van der Waals surface area contributed by atoms with Gasteiger partial charge in [0.25, 0.3) is 0 Å². The second kappa shape index (κ2) is 16.5. The highest BCUT2D eigenvalue weighted by molar-refractivity contribution is 5.80. The molecule has 0 aliphatic carbocycles. The minimum absolute atomic E-state index is 0.0126. The van der Waals surface area contributed by atoms with E-state index in [1.807, 2.05) is 46.7 Å². The van der Waals surface area contributed by atoms with Gasteiger partial charge < -0.3 is 53.8 Å². The van der Waals surface area contributed by atoms with Crippen LogP contribution >= 0.6 is 0 Å². The number of amides is 2. The first kappa shape index (κ1) is 40.0. The zero-order valence-corrected chi connectivity index (χ0v) is 30.7. The minimum atomic E-state index is -0.978. The third-order valence-corrected chi connectivity index (χ3v) is 10.7. The lowest BCUT2D eigenvalue weighted by Crippen LogP contribution is -2.61. The van der Waals surface area contributed by atoms with E-state index in [0.29, 0.717) is 19.4 Å². The minimum Gasteiger partial charge on any atom is -0.387 e. The summed E-state index contributed by atoms with van der Waals surface area (Å²) >= 11 is 0. The Morgan fingerprint density at radius 1 is 0.957 bits per heavy atom. The molecular weight excluding hydrogens is 610 g/mol. The number of hydrogen-bond acceptors (Lipinski definition) is 11. The standard InChI is InChI=1S/C34H63N3O10/c1-19-16-34(7,43-12)30(47-32-27(39)24(36(8)9)15-20(2)44-32)21(3)28(22(4)31(41)35-14-13-25(38)37(10)18-19)46-26-17-33(6,42-11)29(40)23(5)45-26/h19-24,26-30,32,39-40H,13-18H2,1-12H3,(H,35,41)/t19-,20-,21+,22-,23+,24+,26+,27-,28+,29+,30-,32+,33-,34-/m1/s1. The number of likely N-dealkylation sites (N-methyl/N-ethyl adjacent to an activating group) is 1. The van der Waals surface area contributed by atoms with Crippen LogP contribution in [-0.2, 0) is 38.0 Å². The summed E-state index contributed by atoms with van der Waals surface area (Å²) in [4.78, 5) is 30.3. The van der Waals surface area contributed by atoms with E-state index in [4.69, 9.17) is 28.4 Å². The van der Waals surface area contributed by atoms with E-state index in [1.165, 1.54) is 0 Å². The highest BCUT2D eigenvalue weighted by Crippen LogP contribution is 2.40. The Morgan fingerprint density at radius 3 is 2.19 bits per heavy atom. The largest absolute Gasteiger partial charge is 0.387 e. The van der Waals surface area contributed by atoms with Crippen molar-refractivity contribution in [3.8, 4) is 0 Å². The van der Waals surface area contributed by atoms with Gasteiger partial charge in [0.15, 0.2) is 12.6 Å². The van der Waals surface area contributed by atoms with E-state index in [9.17, 15) is 19.8 Å². The van der Waals surface area contributed by atoms with Gasteiger partial charge in [-0.1, -0.05) is 20.8 Å². The van der Waals surface area contributed by atoms with Crippen LogP contribution in [0, 0.1) is 17.8 Å². The van der Waals surface area contributed by atoms with Crippen molar-refractivity contribution >= 4 is 11.8 Å². The predicted molar refractivity (Wildman–Crippen MR) is 175 cm³/mol. The quantitative estimate of drug-likeness (QED) is 0.363. The number of nitrogens with zero attached hydrogens (tertiary/aromatic N) is 2. The van der Waals surface area contributed by atoms with Crippen LogP contribution in [0.25, 0.3) is 0 Å². The van der Waals surface area contributed by atoms with Gasteiger partial charge in [-0.3, -0.25) is 9.59 Å². The van der Waals surface area contributed by atoms with Gasteiger partial charge in [0.05, 0.1) is 41.5 Å². The second-order valence-corrected chi connectivity index (χ2v) is 15.0. The van der Waals surface area contributed by atoms with Crippen LogP contribution in [0.3, 0.4) is 0 Å². The number of carbonyl (C=O) groups excluding carboxylic acids is 2. The fraction of sp³-hybridized carbons (Fsp3) is 0.941. The van der Waals surface area contributed by atoms with Crippen LogP contribution in [0.2, 0.25) is 0 Å². The first-order chi connectivity index (χ1) is 21.9. The Labute approximate surface area is 281 Å². The molecule has 3 aliphatic heterocycles. The summed E-state index contributed by atoms with van der Waals surface area (Å²) in [7, 11) is 8.78.